The molecule has 0 fully saturated rings. The quantitative estimate of drug-likeness (QED) is 0.340. The van der Waals surface area contributed by atoms with E-state index >= 15 is 0 Å². The van der Waals surface area contributed by atoms with E-state index in [1.807, 2.05) is 24.3 Å². The van der Waals surface area contributed by atoms with Gasteiger partial charge in [-0.05, 0) is 42.1 Å². The van der Waals surface area contributed by atoms with Crippen molar-refractivity contribution in [3.63, 3.8) is 0 Å². The molecule has 138 valence electrons. The Morgan fingerprint density at radius 3 is 2.78 bits per heavy atom. The molecule has 0 atom stereocenters. The number of halogens is 1. The van der Waals surface area contributed by atoms with Crippen molar-refractivity contribution in [3.8, 4) is 11.5 Å². The van der Waals surface area contributed by atoms with Gasteiger partial charge in [-0.15, -0.1) is 31.7 Å². The van der Waals surface area contributed by atoms with Gasteiger partial charge in [0, 0.05) is 21.5 Å². The molecule has 0 aliphatic rings. The number of nitrogens with zero attached hydrogens (tertiary/aromatic N) is 4. The fraction of sp³-hybridized carbons (Fsp3) is 0.176. The molecule has 0 unspecified atom stereocenters. The first-order valence-electron chi connectivity index (χ1n) is 8.07. The van der Waals surface area contributed by atoms with E-state index in [-0.39, 0.29) is 0 Å². The van der Waals surface area contributed by atoms with Crippen LogP contribution in [-0.4, -0.2) is 26.9 Å². The van der Waals surface area contributed by atoms with Crippen molar-refractivity contribution in [2.45, 2.75) is 16.5 Å². The second kappa shape index (κ2) is 8.96. The Morgan fingerprint density at radius 2 is 1.96 bits per heavy atom. The molecule has 10 heteroatoms. The van der Waals surface area contributed by atoms with Crippen LogP contribution in [0.5, 0.6) is 0 Å². The second-order valence-electron chi connectivity index (χ2n) is 5.43. The highest BCUT2D eigenvalue weighted by Gasteiger charge is 2.11. The zero-order valence-electron chi connectivity index (χ0n) is 14.0. The SMILES string of the molecule is Brc1ccc(-c2nnc(CSc3nnc(NCCc4cccs4)s3)o2)cc1. The van der Waals surface area contributed by atoms with E-state index in [4.69, 9.17) is 4.42 Å². The summed E-state index contributed by atoms with van der Waals surface area (Å²) >= 11 is 8.25. The Balaban J connectivity index is 1.28. The zero-order valence-corrected chi connectivity index (χ0v) is 18.0. The number of hydrogen-bond donors (Lipinski definition) is 1. The zero-order chi connectivity index (χ0) is 18.5. The number of hydrogen-bond acceptors (Lipinski definition) is 9. The maximum Gasteiger partial charge on any atom is 0.247 e. The van der Waals surface area contributed by atoms with Crippen LogP contribution in [0.25, 0.3) is 11.5 Å². The molecule has 0 saturated carbocycles. The van der Waals surface area contributed by atoms with Gasteiger partial charge in [0.25, 0.3) is 0 Å². The largest absolute Gasteiger partial charge is 0.420 e. The summed E-state index contributed by atoms with van der Waals surface area (Å²) in [6, 6.07) is 12.0. The minimum absolute atomic E-state index is 0.520. The van der Waals surface area contributed by atoms with Gasteiger partial charge in [-0.3, -0.25) is 0 Å². The first-order chi connectivity index (χ1) is 13.3. The number of nitrogens with one attached hydrogen (secondary N) is 1. The van der Waals surface area contributed by atoms with E-state index in [1.165, 1.54) is 28.0 Å². The van der Waals surface area contributed by atoms with E-state index in [9.17, 15) is 0 Å². The molecular weight excluding hydrogens is 466 g/mol. The molecule has 0 spiro atoms. The molecule has 1 aromatic carbocycles. The number of aromatic nitrogens is 4. The average molecular weight is 480 g/mol. The summed E-state index contributed by atoms with van der Waals surface area (Å²) in [4.78, 5) is 1.36. The van der Waals surface area contributed by atoms with Gasteiger partial charge in [-0.2, -0.15) is 0 Å². The maximum atomic E-state index is 5.73. The van der Waals surface area contributed by atoms with Crippen LogP contribution in [0.2, 0.25) is 0 Å². The normalized spacial score (nSPS) is 11.0. The Labute approximate surface area is 176 Å². The third-order valence-electron chi connectivity index (χ3n) is 3.51. The molecule has 0 aliphatic heterocycles. The van der Waals surface area contributed by atoms with Crippen molar-refractivity contribution in [2.75, 3.05) is 11.9 Å². The first kappa shape index (κ1) is 18.6. The molecule has 1 N–H and O–H groups in total. The van der Waals surface area contributed by atoms with E-state index in [2.05, 4.69) is 59.2 Å². The molecule has 27 heavy (non-hydrogen) atoms. The van der Waals surface area contributed by atoms with E-state index in [0.29, 0.717) is 17.5 Å². The molecule has 3 aromatic heterocycles. The van der Waals surface area contributed by atoms with E-state index in [0.717, 1.165) is 32.5 Å². The molecule has 6 nitrogen and oxygen atoms in total. The predicted molar refractivity (Wildman–Crippen MR) is 113 cm³/mol. The average Bonchev–Trinajstić information content (AvgIpc) is 3.43. The van der Waals surface area contributed by atoms with E-state index < -0.39 is 0 Å². The van der Waals surface area contributed by atoms with Gasteiger partial charge >= 0.3 is 0 Å². The minimum atomic E-state index is 0.520. The summed E-state index contributed by atoms with van der Waals surface area (Å²) in [7, 11) is 0. The summed E-state index contributed by atoms with van der Waals surface area (Å²) in [6.07, 6.45) is 0.987. The van der Waals surface area contributed by atoms with Crippen LogP contribution in [0.1, 0.15) is 10.8 Å². The fourth-order valence-electron chi connectivity index (χ4n) is 2.23. The van der Waals surface area contributed by atoms with Crippen LogP contribution in [0.3, 0.4) is 0 Å². The molecule has 4 rings (SSSR count). The lowest BCUT2D eigenvalue weighted by molar-refractivity contribution is 0.528. The van der Waals surface area contributed by atoms with Crippen molar-refractivity contribution in [1.82, 2.24) is 20.4 Å². The molecule has 0 radical (unpaired) electrons. The van der Waals surface area contributed by atoms with E-state index in [1.54, 1.807) is 11.3 Å². The maximum absolute atomic E-state index is 5.73. The summed E-state index contributed by atoms with van der Waals surface area (Å²) in [5.41, 5.74) is 0.898. The standard InChI is InChI=1S/C17H14BrN5OS3/c18-12-5-3-11(4-6-12)15-21-20-14(24-15)10-26-17-23-22-16(27-17)19-8-7-13-2-1-9-25-13/h1-6,9H,7-8,10H2,(H,19,22). The molecule has 0 saturated heterocycles. The van der Waals surface area contributed by atoms with Crippen molar-refractivity contribution >= 4 is 55.5 Å². The van der Waals surface area contributed by atoms with Crippen molar-refractivity contribution in [2.24, 2.45) is 0 Å². The van der Waals surface area contributed by atoms with Gasteiger partial charge in [-0.1, -0.05) is 45.1 Å². The van der Waals surface area contributed by atoms with Crippen LogP contribution in [0, 0.1) is 0 Å². The van der Waals surface area contributed by atoms with Gasteiger partial charge in [0.1, 0.15) is 0 Å². The number of rotatable bonds is 8. The van der Waals surface area contributed by atoms with Gasteiger partial charge in [0.15, 0.2) is 4.34 Å². The minimum Gasteiger partial charge on any atom is -0.420 e. The van der Waals surface area contributed by atoms with Crippen LogP contribution >= 0.6 is 50.4 Å². The number of benzene rings is 1. The highest BCUT2D eigenvalue weighted by atomic mass is 79.9. The lowest BCUT2D eigenvalue weighted by Crippen LogP contribution is -2.03. The summed E-state index contributed by atoms with van der Waals surface area (Å²) in [6.45, 7) is 0.847. The number of thiophene rings is 1. The molecule has 0 aliphatic carbocycles. The van der Waals surface area contributed by atoms with Crippen molar-refractivity contribution in [3.05, 3.63) is 57.0 Å². The third kappa shape index (κ3) is 5.16. The topological polar surface area (TPSA) is 76.7 Å². The van der Waals surface area contributed by atoms with Gasteiger partial charge in [0.2, 0.25) is 16.9 Å². The lowest BCUT2D eigenvalue weighted by atomic mass is 10.2. The lowest BCUT2D eigenvalue weighted by Gasteiger charge is -1.98. The van der Waals surface area contributed by atoms with Crippen LogP contribution in [-0.2, 0) is 12.2 Å². The molecule has 3 heterocycles. The highest BCUT2D eigenvalue weighted by Crippen LogP contribution is 2.29. The van der Waals surface area contributed by atoms with Crippen molar-refractivity contribution < 1.29 is 4.42 Å². The third-order valence-corrected chi connectivity index (χ3v) is 6.98. The Kier molecular flexibility index (Phi) is 6.17. The van der Waals surface area contributed by atoms with Crippen LogP contribution < -0.4 is 5.32 Å². The Morgan fingerprint density at radius 1 is 1.07 bits per heavy atom. The predicted octanol–water partition coefficient (Wildman–Crippen LogP) is 5.36. The second-order valence-corrected chi connectivity index (χ2v) is 9.57. The Hall–Kier alpha value is -1.75. The first-order valence-corrected chi connectivity index (χ1v) is 11.5. The van der Waals surface area contributed by atoms with Gasteiger partial charge in [-0.25, -0.2) is 0 Å². The number of anilines is 1. The molecule has 0 bridgehead atoms. The van der Waals surface area contributed by atoms with Crippen molar-refractivity contribution in [1.29, 1.82) is 0 Å². The highest BCUT2D eigenvalue weighted by molar-refractivity contribution is 9.10. The van der Waals surface area contributed by atoms with Crippen LogP contribution in [0.15, 0.2) is 55.0 Å². The van der Waals surface area contributed by atoms with Crippen LogP contribution in [0.4, 0.5) is 5.13 Å². The molecule has 0 amide bonds. The summed E-state index contributed by atoms with van der Waals surface area (Å²) in [5, 5.41) is 22.8. The molecular formula is C17H14BrN5OS3. The smallest absolute Gasteiger partial charge is 0.247 e. The monoisotopic (exact) mass is 479 g/mol. The summed E-state index contributed by atoms with van der Waals surface area (Å²) in [5.74, 6) is 1.65. The summed E-state index contributed by atoms with van der Waals surface area (Å²) < 4.78 is 7.61. The number of thioether (sulfide) groups is 1. The fourth-order valence-corrected chi connectivity index (χ4v) is 4.82. The van der Waals surface area contributed by atoms with Gasteiger partial charge < -0.3 is 9.73 Å². The van der Waals surface area contributed by atoms with Gasteiger partial charge in [0.05, 0.1) is 5.75 Å². The molecule has 4 aromatic rings. The Bertz CT molecular complexity index is 984.